The summed E-state index contributed by atoms with van der Waals surface area (Å²) in [6, 6.07) is 13.7. The van der Waals surface area contributed by atoms with E-state index in [1.165, 1.54) is 25.7 Å². The van der Waals surface area contributed by atoms with Gasteiger partial charge in [-0.1, -0.05) is 6.07 Å². The molecule has 1 amide bonds. The Bertz CT molecular complexity index is 1070. The van der Waals surface area contributed by atoms with E-state index in [9.17, 15) is 9.59 Å². The molecule has 31 heavy (non-hydrogen) atoms. The maximum atomic E-state index is 12.0. The smallest absolute Gasteiger partial charge is 0.379 e. The van der Waals surface area contributed by atoms with Crippen LogP contribution in [0.3, 0.4) is 0 Å². The van der Waals surface area contributed by atoms with Crippen molar-refractivity contribution in [1.29, 1.82) is 0 Å². The van der Waals surface area contributed by atoms with Crippen molar-refractivity contribution >= 4 is 18.1 Å². The standard InChI is InChI=1S/C23H22N2O6/c1-15-9-16(2)11-18(10-15)30-14-22(26)25-24-13-17-6-7-19(21(12-17)28-3)31-23(27)20-5-4-8-29-20/h4-13H,14H2,1-3H3,(H,25,26). The maximum absolute atomic E-state index is 12.0. The molecule has 0 aliphatic rings. The molecule has 3 aromatic rings. The fourth-order valence-electron chi connectivity index (χ4n) is 2.77. The first kappa shape index (κ1) is 21.6. The van der Waals surface area contributed by atoms with Crippen molar-refractivity contribution in [2.45, 2.75) is 13.8 Å². The van der Waals surface area contributed by atoms with E-state index >= 15 is 0 Å². The zero-order valence-electron chi connectivity index (χ0n) is 17.4. The van der Waals surface area contributed by atoms with Gasteiger partial charge < -0.3 is 18.6 Å². The first-order valence-corrected chi connectivity index (χ1v) is 9.41. The molecule has 0 unspecified atom stereocenters. The van der Waals surface area contributed by atoms with E-state index in [4.69, 9.17) is 18.6 Å². The van der Waals surface area contributed by atoms with Crippen molar-refractivity contribution < 1.29 is 28.2 Å². The van der Waals surface area contributed by atoms with Gasteiger partial charge in [-0.2, -0.15) is 5.10 Å². The maximum Gasteiger partial charge on any atom is 0.379 e. The fraction of sp³-hybridized carbons (Fsp3) is 0.174. The average molecular weight is 422 g/mol. The number of esters is 1. The van der Waals surface area contributed by atoms with Crippen LogP contribution in [0.15, 0.2) is 64.3 Å². The monoisotopic (exact) mass is 422 g/mol. The number of aryl methyl sites for hydroxylation is 2. The predicted octanol–water partition coefficient (Wildman–Crippen LogP) is 3.65. The minimum absolute atomic E-state index is 0.0819. The summed E-state index contributed by atoms with van der Waals surface area (Å²) in [5.74, 6) is 0.229. The van der Waals surface area contributed by atoms with Gasteiger partial charge in [0.1, 0.15) is 5.75 Å². The molecule has 0 aliphatic carbocycles. The number of ether oxygens (including phenoxy) is 3. The van der Waals surface area contributed by atoms with E-state index < -0.39 is 11.9 Å². The van der Waals surface area contributed by atoms with Gasteiger partial charge in [0.2, 0.25) is 5.76 Å². The summed E-state index contributed by atoms with van der Waals surface area (Å²) >= 11 is 0. The van der Waals surface area contributed by atoms with Crippen LogP contribution in [0.25, 0.3) is 0 Å². The van der Waals surface area contributed by atoms with Crippen LogP contribution in [0, 0.1) is 13.8 Å². The van der Waals surface area contributed by atoms with Crippen LogP contribution in [0.5, 0.6) is 17.2 Å². The van der Waals surface area contributed by atoms with E-state index in [-0.39, 0.29) is 18.1 Å². The summed E-state index contributed by atoms with van der Waals surface area (Å²) in [6.07, 6.45) is 2.82. The number of amides is 1. The molecule has 3 rings (SSSR count). The summed E-state index contributed by atoms with van der Waals surface area (Å²) in [6.45, 7) is 3.76. The molecule has 0 atom stereocenters. The van der Waals surface area contributed by atoms with Crippen LogP contribution < -0.4 is 19.6 Å². The molecule has 8 nitrogen and oxygen atoms in total. The normalized spacial score (nSPS) is 10.7. The third-order valence-corrected chi connectivity index (χ3v) is 4.08. The molecule has 0 bridgehead atoms. The fourth-order valence-corrected chi connectivity index (χ4v) is 2.77. The van der Waals surface area contributed by atoms with Crippen molar-refractivity contribution in [3.8, 4) is 17.2 Å². The number of nitrogens with zero attached hydrogens (tertiary/aromatic N) is 1. The van der Waals surface area contributed by atoms with Crippen molar-refractivity contribution in [3.63, 3.8) is 0 Å². The molecule has 160 valence electrons. The summed E-state index contributed by atoms with van der Waals surface area (Å²) < 4.78 is 21.0. The van der Waals surface area contributed by atoms with Gasteiger partial charge in [0.15, 0.2) is 18.1 Å². The second-order valence-electron chi connectivity index (χ2n) is 6.68. The lowest BCUT2D eigenvalue weighted by Crippen LogP contribution is -2.24. The molecular formula is C23H22N2O6. The number of hydrogen-bond donors (Lipinski definition) is 1. The summed E-state index contributed by atoms with van der Waals surface area (Å²) in [4.78, 5) is 24.0. The lowest BCUT2D eigenvalue weighted by molar-refractivity contribution is -0.123. The molecule has 8 heteroatoms. The van der Waals surface area contributed by atoms with E-state index in [2.05, 4.69) is 10.5 Å². The number of hydrogen-bond acceptors (Lipinski definition) is 7. The number of hydrazone groups is 1. The molecule has 0 spiro atoms. The van der Waals surface area contributed by atoms with E-state index in [0.717, 1.165) is 11.1 Å². The SMILES string of the molecule is COc1cc(C=NNC(=O)COc2cc(C)cc(C)c2)ccc1OC(=O)c1ccco1. The minimum Gasteiger partial charge on any atom is -0.493 e. The van der Waals surface area contributed by atoms with E-state index in [1.807, 2.05) is 32.0 Å². The summed E-state index contributed by atoms with van der Waals surface area (Å²) in [7, 11) is 1.45. The van der Waals surface area contributed by atoms with Gasteiger partial charge in [-0.25, -0.2) is 10.2 Å². The highest BCUT2D eigenvalue weighted by Gasteiger charge is 2.14. The van der Waals surface area contributed by atoms with Crippen molar-refractivity contribution in [1.82, 2.24) is 5.43 Å². The molecule has 0 aliphatic heterocycles. The Morgan fingerprint density at radius 3 is 2.52 bits per heavy atom. The number of nitrogens with one attached hydrogen (secondary N) is 1. The molecule has 1 N–H and O–H groups in total. The van der Waals surface area contributed by atoms with Crippen LogP contribution >= 0.6 is 0 Å². The second-order valence-corrected chi connectivity index (χ2v) is 6.68. The molecule has 1 heterocycles. The molecule has 1 aromatic heterocycles. The zero-order chi connectivity index (χ0) is 22.2. The van der Waals surface area contributed by atoms with Crippen LogP contribution in [-0.2, 0) is 4.79 Å². The third-order valence-electron chi connectivity index (χ3n) is 4.08. The molecule has 0 fully saturated rings. The third kappa shape index (κ3) is 6.20. The van der Waals surface area contributed by atoms with Crippen molar-refractivity contribution in [2.75, 3.05) is 13.7 Å². The number of methoxy groups -OCH3 is 1. The van der Waals surface area contributed by atoms with Crippen LogP contribution in [-0.4, -0.2) is 31.8 Å². The van der Waals surface area contributed by atoms with Gasteiger partial charge >= 0.3 is 5.97 Å². The largest absolute Gasteiger partial charge is 0.493 e. The Labute approximate surface area is 179 Å². The quantitative estimate of drug-likeness (QED) is 0.257. The van der Waals surface area contributed by atoms with Gasteiger partial charge in [0.05, 0.1) is 19.6 Å². The predicted molar refractivity (Wildman–Crippen MR) is 114 cm³/mol. The highest BCUT2D eigenvalue weighted by molar-refractivity contribution is 5.89. The Kier molecular flexibility index (Phi) is 7.05. The van der Waals surface area contributed by atoms with Crippen LogP contribution in [0.4, 0.5) is 0 Å². The molecular weight excluding hydrogens is 400 g/mol. The first-order valence-electron chi connectivity index (χ1n) is 9.41. The number of carbonyl (C=O) groups is 2. The number of furan rings is 1. The first-order chi connectivity index (χ1) is 14.9. The van der Waals surface area contributed by atoms with Crippen LogP contribution in [0.2, 0.25) is 0 Å². The lowest BCUT2D eigenvalue weighted by atomic mass is 10.1. The summed E-state index contributed by atoms with van der Waals surface area (Å²) in [5.41, 5.74) is 5.14. The average Bonchev–Trinajstić information content (AvgIpc) is 3.27. The van der Waals surface area contributed by atoms with Gasteiger partial charge in [-0.05, 0) is 73.0 Å². The Morgan fingerprint density at radius 1 is 1.06 bits per heavy atom. The van der Waals surface area contributed by atoms with Gasteiger partial charge in [0, 0.05) is 0 Å². The molecule has 0 saturated heterocycles. The van der Waals surface area contributed by atoms with E-state index in [1.54, 1.807) is 24.3 Å². The topological polar surface area (TPSA) is 99.4 Å². The van der Waals surface area contributed by atoms with Gasteiger partial charge in [-0.3, -0.25) is 4.79 Å². The molecule has 0 saturated carbocycles. The van der Waals surface area contributed by atoms with Crippen LogP contribution in [0.1, 0.15) is 27.2 Å². The minimum atomic E-state index is -0.638. The highest BCUT2D eigenvalue weighted by atomic mass is 16.6. The summed E-state index contributed by atoms with van der Waals surface area (Å²) in [5, 5.41) is 3.91. The Hall–Kier alpha value is -4.07. The highest BCUT2D eigenvalue weighted by Crippen LogP contribution is 2.28. The number of benzene rings is 2. The number of carbonyl (C=O) groups excluding carboxylic acids is 2. The van der Waals surface area contributed by atoms with E-state index in [0.29, 0.717) is 17.1 Å². The number of rotatable bonds is 8. The Morgan fingerprint density at radius 2 is 1.84 bits per heavy atom. The van der Waals surface area contributed by atoms with Crippen molar-refractivity contribution in [3.05, 3.63) is 77.2 Å². The Balaban J connectivity index is 1.55. The second kappa shape index (κ2) is 10.1. The zero-order valence-corrected chi connectivity index (χ0v) is 17.4. The lowest BCUT2D eigenvalue weighted by Gasteiger charge is -2.09. The van der Waals surface area contributed by atoms with Gasteiger partial charge in [-0.15, -0.1) is 0 Å². The molecule has 0 radical (unpaired) electrons. The van der Waals surface area contributed by atoms with Crippen molar-refractivity contribution in [2.24, 2.45) is 5.10 Å². The molecule has 2 aromatic carbocycles. The van der Waals surface area contributed by atoms with Gasteiger partial charge in [0.25, 0.3) is 5.91 Å².